The first kappa shape index (κ1) is 25.4. The lowest BCUT2D eigenvalue weighted by molar-refractivity contribution is -0.312. The average molecular weight is 498 g/mol. The molecule has 3 aliphatic heterocycles. The van der Waals surface area contributed by atoms with Crippen LogP contribution in [-0.2, 0) is 4.74 Å². The third-order valence-electron chi connectivity index (χ3n) is 12.0. The Morgan fingerprint density at radius 1 is 1.06 bits per heavy atom. The number of rotatable bonds is 6. The van der Waals surface area contributed by atoms with Gasteiger partial charge in [-0.2, -0.15) is 0 Å². The van der Waals surface area contributed by atoms with Crippen molar-refractivity contribution in [2.24, 2.45) is 40.6 Å². The lowest BCUT2D eigenvalue weighted by atomic mass is 9.49. The van der Waals surface area contributed by atoms with Gasteiger partial charge in [-0.05, 0) is 119 Å². The van der Waals surface area contributed by atoms with E-state index >= 15 is 0 Å². The first-order chi connectivity index (χ1) is 17.3. The van der Waals surface area contributed by atoms with Crippen LogP contribution in [0.25, 0.3) is 0 Å². The first-order valence-electron chi connectivity index (χ1n) is 15.3. The van der Waals surface area contributed by atoms with Crippen LogP contribution in [0.2, 0.25) is 0 Å². The minimum atomic E-state index is -0.299. The molecular formula is C31H51N3O2. The maximum absolute atomic E-state index is 10.1. The van der Waals surface area contributed by atoms with Crippen LogP contribution in [0, 0.1) is 29.1 Å². The van der Waals surface area contributed by atoms with Crippen LogP contribution in [0.5, 0.6) is 0 Å². The summed E-state index contributed by atoms with van der Waals surface area (Å²) < 4.78 is 7.56. The van der Waals surface area contributed by atoms with E-state index in [1.807, 2.05) is 0 Å². The molecule has 4 aliphatic carbocycles. The Kier molecular flexibility index (Phi) is 6.63. The summed E-state index contributed by atoms with van der Waals surface area (Å²) in [7, 11) is 0. The first-order valence-corrected chi connectivity index (χ1v) is 15.3. The summed E-state index contributed by atoms with van der Waals surface area (Å²) in [5, 5.41) is 13.4. The summed E-state index contributed by atoms with van der Waals surface area (Å²) in [6.45, 7) is 2.62. The van der Waals surface area contributed by atoms with E-state index in [1.165, 1.54) is 82.6 Å². The van der Waals surface area contributed by atoms with E-state index in [9.17, 15) is 5.11 Å². The summed E-state index contributed by atoms with van der Waals surface area (Å²) in [4.78, 5) is 0. The SMILES string of the molecule is CC1(C2CCCC2)OC2(C3CC(CC4=CNC(N)C=C4)CC4(CCCC4)C3)CCC1C(N)(CCO)C2. The van der Waals surface area contributed by atoms with Gasteiger partial charge >= 0.3 is 0 Å². The summed E-state index contributed by atoms with van der Waals surface area (Å²) in [5.41, 5.74) is 14.7. The van der Waals surface area contributed by atoms with Crippen molar-refractivity contribution in [3.05, 3.63) is 23.9 Å². The third kappa shape index (κ3) is 4.30. The maximum atomic E-state index is 10.1. The molecule has 0 radical (unpaired) electrons. The van der Waals surface area contributed by atoms with Crippen LogP contribution in [0.1, 0.15) is 110 Å². The molecule has 36 heavy (non-hydrogen) atoms. The Balaban J connectivity index is 1.32. The smallest absolute Gasteiger partial charge is 0.0934 e. The van der Waals surface area contributed by atoms with Crippen LogP contribution < -0.4 is 16.8 Å². The zero-order valence-electron chi connectivity index (χ0n) is 22.6. The highest BCUT2D eigenvalue weighted by Crippen LogP contribution is 2.65. The summed E-state index contributed by atoms with van der Waals surface area (Å²) >= 11 is 0. The van der Waals surface area contributed by atoms with Crippen molar-refractivity contribution in [1.29, 1.82) is 0 Å². The largest absolute Gasteiger partial charge is 0.396 e. The number of ether oxygens (including phenoxy) is 1. The van der Waals surface area contributed by atoms with Crippen molar-refractivity contribution >= 4 is 0 Å². The molecule has 6 fully saturated rings. The normalized spacial score (nSPS) is 46.3. The number of allylic oxidation sites excluding steroid dienone is 2. The third-order valence-corrected chi connectivity index (χ3v) is 12.0. The Hall–Kier alpha value is -0.880. The molecule has 4 saturated carbocycles. The summed E-state index contributed by atoms with van der Waals surface area (Å²) in [5.74, 6) is 2.25. The lowest BCUT2D eigenvalue weighted by Gasteiger charge is -2.68. The van der Waals surface area contributed by atoms with Crippen molar-refractivity contribution in [3.8, 4) is 0 Å². The average Bonchev–Trinajstić information content (AvgIpc) is 3.54. The van der Waals surface area contributed by atoms with Crippen molar-refractivity contribution < 1.29 is 9.84 Å². The molecule has 7 rings (SSSR count). The zero-order chi connectivity index (χ0) is 25.0. The standard InChI is InChI=1S/C31H51N3O2/c1-28(24-6-2-3-7-24)26-10-13-31(36-28,21-30(26,33)14-15-35)25-17-23(16-22-8-9-27(32)34-20-22)18-29(19-25)11-4-5-12-29/h8-9,20,23-27,34-35H,2-7,10-19,21,32-33H2,1H3. The predicted octanol–water partition coefficient (Wildman–Crippen LogP) is 5.28. The van der Waals surface area contributed by atoms with Gasteiger partial charge < -0.3 is 26.6 Å². The van der Waals surface area contributed by atoms with Gasteiger partial charge in [0.25, 0.3) is 0 Å². The Morgan fingerprint density at radius 3 is 2.53 bits per heavy atom. The van der Waals surface area contributed by atoms with Crippen molar-refractivity contribution in [1.82, 2.24) is 5.32 Å². The number of hydrogen-bond donors (Lipinski definition) is 4. The van der Waals surface area contributed by atoms with E-state index in [4.69, 9.17) is 16.2 Å². The highest BCUT2D eigenvalue weighted by Gasteiger charge is 2.66. The number of nitrogens with two attached hydrogens (primary N) is 2. The van der Waals surface area contributed by atoms with Gasteiger partial charge in [0.15, 0.2) is 0 Å². The molecule has 5 heteroatoms. The van der Waals surface area contributed by atoms with Gasteiger partial charge in [0, 0.05) is 24.3 Å². The number of hydrogen-bond acceptors (Lipinski definition) is 5. The van der Waals surface area contributed by atoms with Gasteiger partial charge in [-0.3, -0.25) is 0 Å². The second kappa shape index (κ2) is 9.39. The molecule has 5 nitrogen and oxygen atoms in total. The quantitative estimate of drug-likeness (QED) is 0.401. The second-order valence-corrected chi connectivity index (χ2v) is 14.2. The van der Waals surface area contributed by atoms with Gasteiger partial charge in [-0.15, -0.1) is 0 Å². The number of fused-ring (bicyclic) bond motifs is 3. The van der Waals surface area contributed by atoms with Gasteiger partial charge in [-0.25, -0.2) is 0 Å². The molecule has 0 aromatic heterocycles. The summed E-state index contributed by atoms with van der Waals surface area (Å²) in [6.07, 6.45) is 26.3. The van der Waals surface area contributed by atoms with E-state index in [0.29, 0.717) is 29.1 Å². The van der Waals surface area contributed by atoms with Crippen molar-refractivity contribution in [2.75, 3.05) is 6.61 Å². The minimum Gasteiger partial charge on any atom is -0.396 e. The monoisotopic (exact) mass is 497 g/mol. The molecule has 0 aromatic rings. The molecule has 3 heterocycles. The topological polar surface area (TPSA) is 93.5 Å². The van der Waals surface area contributed by atoms with Crippen LogP contribution in [-0.4, -0.2) is 34.6 Å². The fourth-order valence-electron chi connectivity index (χ4n) is 10.5. The molecule has 2 saturated heterocycles. The molecule has 2 bridgehead atoms. The fourth-order valence-corrected chi connectivity index (χ4v) is 10.5. The molecule has 0 aromatic carbocycles. The fraction of sp³-hybridized carbons (Fsp3) is 0.871. The molecular weight excluding hydrogens is 446 g/mol. The molecule has 1 spiro atoms. The Labute approximate surface area is 218 Å². The summed E-state index contributed by atoms with van der Waals surface area (Å²) in [6, 6.07) is 0. The number of dihydropyridines is 1. The molecule has 7 atom stereocenters. The lowest BCUT2D eigenvalue weighted by Crippen LogP contribution is -2.74. The van der Waals surface area contributed by atoms with Crippen LogP contribution in [0.3, 0.4) is 0 Å². The molecule has 6 N–H and O–H groups in total. The van der Waals surface area contributed by atoms with E-state index < -0.39 is 0 Å². The molecule has 7 unspecified atom stereocenters. The number of nitrogens with one attached hydrogen (secondary N) is 1. The predicted molar refractivity (Wildman–Crippen MR) is 145 cm³/mol. The maximum Gasteiger partial charge on any atom is 0.0934 e. The number of aliphatic hydroxyl groups is 1. The highest BCUT2D eigenvalue weighted by molar-refractivity contribution is 5.25. The minimum absolute atomic E-state index is 0.0591. The van der Waals surface area contributed by atoms with E-state index in [1.54, 1.807) is 0 Å². The highest BCUT2D eigenvalue weighted by atomic mass is 16.5. The van der Waals surface area contributed by atoms with Crippen LogP contribution >= 0.6 is 0 Å². The van der Waals surface area contributed by atoms with Crippen LogP contribution in [0.15, 0.2) is 23.9 Å². The van der Waals surface area contributed by atoms with E-state index in [2.05, 4.69) is 30.6 Å². The molecule has 202 valence electrons. The Bertz CT molecular complexity index is 875. The van der Waals surface area contributed by atoms with E-state index in [0.717, 1.165) is 25.7 Å². The second-order valence-electron chi connectivity index (χ2n) is 14.2. The zero-order valence-corrected chi connectivity index (χ0v) is 22.6. The van der Waals surface area contributed by atoms with Gasteiger partial charge in [-0.1, -0.05) is 31.8 Å². The van der Waals surface area contributed by atoms with Crippen molar-refractivity contribution in [3.63, 3.8) is 0 Å². The molecule has 7 aliphatic rings. The Morgan fingerprint density at radius 2 is 1.83 bits per heavy atom. The number of aliphatic hydroxyl groups excluding tert-OH is 1. The van der Waals surface area contributed by atoms with Gasteiger partial charge in [0.1, 0.15) is 0 Å². The van der Waals surface area contributed by atoms with E-state index in [-0.39, 0.29) is 29.5 Å². The van der Waals surface area contributed by atoms with Crippen LogP contribution in [0.4, 0.5) is 0 Å². The molecule has 0 amide bonds. The van der Waals surface area contributed by atoms with Gasteiger partial charge in [0.2, 0.25) is 0 Å². The van der Waals surface area contributed by atoms with Gasteiger partial charge in [0.05, 0.1) is 17.4 Å². The van der Waals surface area contributed by atoms with Crippen molar-refractivity contribution in [2.45, 2.75) is 133 Å².